The van der Waals surface area contributed by atoms with Crippen LogP contribution in [0.2, 0.25) is 5.02 Å². The quantitative estimate of drug-likeness (QED) is 0.648. The maximum Gasteiger partial charge on any atom is 0.309 e. The summed E-state index contributed by atoms with van der Waals surface area (Å²) in [5.41, 5.74) is 0.856. The number of benzene rings is 2. The molecule has 2 N–H and O–H groups in total. The second kappa shape index (κ2) is 10.0. The third-order valence-corrected chi connectivity index (χ3v) is 6.67. The number of hydrogen-bond acceptors (Lipinski definition) is 5. The van der Waals surface area contributed by atoms with Crippen LogP contribution in [0, 0.1) is 0 Å². The molecule has 2 aromatic rings. The molecule has 1 fully saturated rings. The van der Waals surface area contributed by atoms with Crippen molar-refractivity contribution in [3.8, 4) is 0 Å². The van der Waals surface area contributed by atoms with Gasteiger partial charge in [-0.3, -0.25) is 9.59 Å². The lowest BCUT2D eigenvalue weighted by Crippen LogP contribution is -2.53. The minimum Gasteiger partial charge on any atom is -0.360 e. The third kappa shape index (κ3) is 5.57. The number of hydrogen-bond donors (Lipinski definition) is 2. The molecule has 1 saturated heterocycles. The largest absolute Gasteiger partial charge is 0.360 e. The first-order valence-electron chi connectivity index (χ1n) is 9.37. The van der Waals surface area contributed by atoms with E-state index in [0.717, 1.165) is 5.56 Å². The molecule has 0 spiro atoms. The topological polar surface area (TPSA) is 105 Å². The number of rotatable bonds is 6. The fraction of sp³-hybridized carbons (Fsp3) is 0.300. The van der Waals surface area contributed by atoms with Crippen molar-refractivity contribution in [3.05, 3.63) is 65.2 Å². The fourth-order valence-corrected chi connectivity index (χ4v) is 4.65. The zero-order chi connectivity index (χ0) is 21.6. The van der Waals surface area contributed by atoms with Gasteiger partial charge < -0.3 is 15.4 Å². The van der Waals surface area contributed by atoms with Gasteiger partial charge in [-0.2, -0.15) is 4.31 Å². The van der Waals surface area contributed by atoms with Crippen LogP contribution in [0.4, 0.5) is 0 Å². The van der Waals surface area contributed by atoms with Crippen molar-refractivity contribution in [2.24, 2.45) is 0 Å². The highest BCUT2D eigenvalue weighted by atomic mass is 35.5. The lowest BCUT2D eigenvalue weighted by atomic mass is 10.2. The van der Waals surface area contributed by atoms with E-state index in [9.17, 15) is 18.0 Å². The number of carbonyl (C=O) groups is 2. The van der Waals surface area contributed by atoms with Crippen LogP contribution in [0.15, 0.2) is 59.5 Å². The molecule has 2 aromatic carbocycles. The van der Waals surface area contributed by atoms with Crippen LogP contribution in [0.25, 0.3) is 0 Å². The van der Waals surface area contributed by atoms with Gasteiger partial charge in [0, 0.05) is 18.1 Å². The Balaban J connectivity index is 1.59. The van der Waals surface area contributed by atoms with E-state index < -0.39 is 28.1 Å². The summed E-state index contributed by atoms with van der Waals surface area (Å²) in [5.74, 6) is -1.66. The standard InChI is InChI=1S/C20H22ClN3O5S/c21-16-7-9-17(10-8-16)30(27,28)24-11-4-12-29-18(24)14-23-20(26)19(25)22-13-15-5-2-1-3-6-15/h1-3,5-10,18H,4,11-14H2,(H,22,25)(H,23,26)/t18-/m1/s1. The van der Waals surface area contributed by atoms with Crippen molar-refractivity contribution in [2.45, 2.75) is 24.1 Å². The maximum atomic E-state index is 13.0. The first-order chi connectivity index (χ1) is 14.4. The van der Waals surface area contributed by atoms with E-state index in [4.69, 9.17) is 16.3 Å². The van der Waals surface area contributed by atoms with Crippen molar-refractivity contribution >= 4 is 33.4 Å². The SMILES string of the molecule is O=C(NCc1ccccc1)C(=O)NC[C@H]1OCCCN1S(=O)(=O)c1ccc(Cl)cc1. The Morgan fingerprint density at radius 2 is 1.70 bits per heavy atom. The van der Waals surface area contributed by atoms with Crippen molar-refractivity contribution < 1.29 is 22.7 Å². The molecule has 2 amide bonds. The summed E-state index contributed by atoms with van der Waals surface area (Å²) < 4.78 is 32.7. The van der Waals surface area contributed by atoms with Gasteiger partial charge in [0.25, 0.3) is 0 Å². The monoisotopic (exact) mass is 451 g/mol. The van der Waals surface area contributed by atoms with Gasteiger partial charge in [0.15, 0.2) is 0 Å². The van der Waals surface area contributed by atoms with Crippen LogP contribution < -0.4 is 10.6 Å². The van der Waals surface area contributed by atoms with Gasteiger partial charge in [-0.25, -0.2) is 8.42 Å². The van der Waals surface area contributed by atoms with Crippen molar-refractivity contribution in [1.29, 1.82) is 0 Å². The highest BCUT2D eigenvalue weighted by Gasteiger charge is 2.34. The summed E-state index contributed by atoms with van der Waals surface area (Å²) >= 11 is 5.84. The third-order valence-electron chi connectivity index (χ3n) is 4.51. The van der Waals surface area contributed by atoms with Gasteiger partial charge in [-0.05, 0) is 36.2 Å². The zero-order valence-corrected chi connectivity index (χ0v) is 17.7. The van der Waals surface area contributed by atoms with Crippen LogP contribution in [-0.4, -0.2) is 50.5 Å². The number of ether oxygens (including phenoxy) is 1. The van der Waals surface area contributed by atoms with Crippen LogP contribution in [-0.2, 0) is 30.9 Å². The maximum absolute atomic E-state index is 13.0. The Morgan fingerprint density at radius 1 is 1.03 bits per heavy atom. The lowest BCUT2D eigenvalue weighted by molar-refractivity contribution is -0.140. The predicted octanol–water partition coefficient (Wildman–Crippen LogP) is 1.51. The molecule has 8 nitrogen and oxygen atoms in total. The average Bonchev–Trinajstić information content (AvgIpc) is 2.77. The van der Waals surface area contributed by atoms with Gasteiger partial charge in [-0.1, -0.05) is 41.9 Å². The normalized spacial score (nSPS) is 17.3. The Kier molecular flexibility index (Phi) is 7.43. The summed E-state index contributed by atoms with van der Waals surface area (Å²) in [6.45, 7) is 0.660. The Morgan fingerprint density at radius 3 is 2.40 bits per heavy atom. The zero-order valence-electron chi connectivity index (χ0n) is 16.1. The lowest BCUT2D eigenvalue weighted by Gasteiger charge is -2.34. The highest BCUT2D eigenvalue weighted by molar-refractivity contribution is 7.89. The van der Waals surface area contributed by atoms with Crippen LogP contribution in [0.5, 0.6) is 0 Å². The molecule has 10 heteroatoms. The minimum atomic E-state index is -3.84. The molecule has 0 saturated carbocycles. The van der Waals surface area contributed by atoms with E-state index in [2.05, 4.69) is 10.6 Å². The first-order valence-corrected chi connectivity index (χ1v) is 11.2. The molecule has 0 aromatic heterocycles. The summed E-state index contributed by atoms with van der Waals surface area (Å²) in [6, 6.07) is 15.0. The van der Waals surface area contributed by atoms with Crippen LogP contribution >= 0.6 is 11.6 Å². The number of halogens is 1. The first kappa shape index (κ1) is 22.2. The molecule has 1 heterocycles. The number of carbonyl (C=O) groups excluding carboxylic acids is 2. The molecule has 1 aliphatic rings. The molecule has 1 atom stereocenters. The molecule has 0 unspecified atom stereocenters. The summed E-state index contributed by atoms with van der Waals surface area (Å²) in [5, 5.41) is 5.40. The van der Waals surface area contributed by atoms with Crippen LogP contribution in [0.1, 0.15) is 12.0 Å². The number of nitrogens with zero attached hydrogens (tertiary/aromatic N) is 1. The summed E-state index contributed by atoms with van der Waals surface area (Å²) in [4.78, 5) is 24.2. The van der Waals surface area contributed by atoms with Crippen molar-refractivity contribution in [2.75, 3.05) is 19.7 Å². The van der Waals surface area contributed by atoms with Gasteiger partial charge in [0.2, 0.25) is 10.0 Å². The molecule has 0 bridgehead atoms. The van der Waals surface area contributed by atoms with E-state index in [1.165, 1.54) is 28.6 Å². The highest BCUT2D eigenvalue weighted by Crippen LogP contribution is 2.23. The molecule has 1 aliphatic heterocycles. The second-order valence-electron chi connectivity index (χ2n) is 6.63. The Hall–Kier alpha value is -2.46. The van der Waals surface area contributed by atoms with E-state index in [0.29, 0.717) is 18.1 Å². The fourth-order valence-electron chi connectivity index (χ4n) is 2.96. The Labute approximate surface area is 180 Å². The Bertz CT molecular complexity index is 983. The van der Waals surface area contributed by atoms with E-state index in [1.54, 1.807) is 0 Å². The molecule has 160 valence electrons. The van der Waals surface area contributed by atoms with E-state index in [-0.39, 0.29) is 24.5 Å². The van der Waals surface area contributed by atoms with Gasteiger partial charge in [-0.15, -0.1) is 0 Å². The molecule has 0 radical (unpaired) electrons. The van der Waals surface area contributed by atoms with Crippen molar-refractivity contribution in [1.82, 2.24) is 14.9 Å². The number of nitrogens with one attached hydrogen (secondary N) is 2. The number of sulfonamides is 1. The average molecular weight is 452 g/mol. The molecule has 0 aliphatic carbocycles. The molecule has 30 heavy (non-hydrogen) atoms. The van der Waals surface area contributed by atoms with Gasteiger partial charge in [0.05, 0.1) is 18.0 Å². The molecular weight excluding hydrogens is 430 g/mol. The minimum absolute atomic E-state index is 0.0781. The molecular formula is C20H22ClN3O5S. The van der Waals surface area contributed by atoms with E-state index in [1.807, 2.05) is 30.3 Å². The molecule has 3 rings (SSSR count). The van der Waals surface area contributed by atoms with Gasteiger partial charge >= 0.3 is 11.8 Å². The van der Waals surface area contributed by atoms with Crippen molar-refractivity contribution in [3.63, 3.8) is 0 Å². The van der Waals surface area contributed by atoms with Gasteiger partial charge in [0.1, 0.15) is 6.23 Å². The summed E-state index contributed by atoms with van der Waals surface area (Å²) in [6.07, 6.45) is -0.389. The second-order valence-corrected chi connectivity index (χ2v) is 8.95. The predicted molar refractivity (Wildman–Crippen MR) is 111 cm³/mol. The summed E-state index contributed by atoms with van der Waals surface area (Å²) in [7, 11) is -3.84. The smallest absolute Gasteiger partial charge is 0.309 e. The van der Waals surface area contributed by atoms with E-state index >= 15 is 0 Å². The van der Waals surface area contributed by atoms with Crippen LogP contribution in [0.3, 0.4) is 0 Å². The number of amides is 2.